The Labute approximate surface area is 136 Å². The van der Waals surface area contributed by atoms with Crippen molar-refractivity contribution in [3.8, 4) is 23.0 Å². The normalized spacial score (nSPS) is 10.5. The fraction of sp³-hybridized carbons (Fsp3) is 0.471. The highest BCUT2D eigenvalue weighted by molar-refractivity contribution is 5.89. The summed E-state index contributed by atoms with van der Waals surface area (Å²) in [5.41, 5.74) is 0.540. The number of methoxy groups -OCH3 is 4. The highest BCUT2D eigenvalue weighted by Crippen LogP contribution is 2.45. The molecule has 0 saturated heterocycles. The lowest BCUT2D eigenvalue weighted by Gasteiger charge is -2.17. The summed E-state index contributed by atoms with van der Waals surface area (Å²) in [6, 6.07) is 1.66. The topological polar surface area (TPSA) is 63.2 Å². The van der Waals surface area contributed by atoms with Gasteiger partial charge in [-0.05, 0) is 12.5 Å². The average molecular weight is 324 g/mol. The predicted octanol–water partition coefficient (Wildman–Crippen LogP) is 3.08. The van der Waals surface area contributed by atoms with E-state index < -0.39 is 5.97 Å². The second kappa shape index (κ2) is 9.61. The van der Waals surface area contributed by atoms with E-state index in [0.717, 1.165) is 12.8 Å². The standard InChI is InChI=1S/C17H24O6/c1-6-7-10-23-15(18)9-8-12-16(21-4)13(19-2)11-14(20-3)17(12)22-5/h8-9,11H,6-7,10H2,1-5H3. The Balaban J connectivity index is 3.18. The Bertz CT molecular complexity index is 520. The van der Waals surface area contributed by atoms with E-state index in [1.165, 1.54) is 34.5 Å². The van der Waals surface area contributed by atoms with Crippen molar-refractivity contribution in [2.75, 3.05) is 35.0 Å². The second-order valence-corrected chi connectivity index (χ2v) is 4.62. The SMILES string of the molecule is CCCCOC(=O)C=Cc1c(OC)c(OC)cc(OC)c1OC. The van der Waals surface area contributed by atoms with E-state index in [4.69, 9.17) is 23.7 Å². The van der Waals surface area contributed by atoms with Gasteiger partial charge in [-0.25, -0.2) is 4.79 Å². The van der Waals surface area contributed by atoms with Crippen molar-refractivity contribution in [3.05, 3.63) is 17.7 Å². The van der Waals surface area contributed by atoms with E-state index in [-0.39, 0.29) is 0 Å². The number of rotatable bonds is 9. The molecule has 0 unspecified atom stereocenters. The van der Waals surface area contributed by atoms with Gasteiger partial charge in [-0.3, -0.25) is 0 Å². The predicted molar refractivity (Wildman–Crippen MR) is 87.6 cm³/mol. The maximum absolute atomic E-state index is 11.7. The van der Waals surface area contributed by atoms with Crippen molar-refractivity contribution in [1.82, 2.24) is 0 Å². The largest absolute Gasteiger partial charge is 0.493 e. The van der Waals surface area contributed by atoms with Gasteiger partial charge in [0.1, 0.15) is 0 Å². The Morgan fingerprint density at radius 1 is 1.00 bits per heavy atom. The quantitative estimate of drug-likeness (QED) is 0.395. The van der Waals surface area contributed by atoms with Crippen LogP contribution in [0.5, 0.6) is 23.0 Å². The molecule has 0 N–H and O–H groups in total. The fourth-order valence-corrected chi connectivity index (χ4v) is 2.01. The maximum atomic E-state index is 11.7. The van der Waals surface area contributed by atoms with Crippen LogP contribution in [-0.2, 0) is 9.53 Å². The molecule has 128 valence electrons. The highest BCUT2D eigenvalue weighted by Gasteiger charge is 2.19. The molecule has 0 aromatic heterocycles. The molecule has 0 aliphatic heterocycles. The summed E-state index contributed by atoms with van der Waals surface area (Å²) in [6.07, 6.45) is 4.69. The van der Waals surface area contributed by atoms with E-state index in [2.05, 4.69) is 0 Å². The zero-order valence-corrected chi connectivity index (χ0v) is 14.3. The smallest absolute Gasteiger partial charge is 0.330 e. The fourth-order valence-electron chi connectivity index (χ4n) is 2.01. The molecule has 0 saturated carbocycles. The first-order valence-corrected chi connectivity index (χ1v) is 7.34. The minimum atomic E-state index is -0.427. The number of carbonyl (C=O) groups excluding carboxylic acids is 1. The van der Waals surface area contributed by atoms with Gasteiger partial charge >= 0.3 is 5.97 Å². The Hall–Kier alpha value is -2.37. The Morgan fingerprint density at radius 2 is 1.57 bits per heavy atom. The Kier molecular flexibility index (Phi) is 7.80. The van der Waals surface area contributed by atoms with Crippen LogP contribution in [0.2, 0.25) is 0 Å². The molecule has 1 rings (SSSR count). The van der Waals surface area contributed by atoms with Crippen molar-refractivity contribution < 1.29 is 28.5 Å². The average Bonchev–Trinajstić information content (AvgIpc) is 2.58. The molecule has 0 radical (unpaired) electrons. The minimum Gasteiger partial charge on any atom is -0.493 e. The van der Waals surface area contributed by atoms with Crippen LogP contribution in [0.15, 0.2) is 12.1 Å². The summed E-state index contributed by atoms with van der Waals surface area (Å²) in [7, 11) is 6.08. The number of hydrogen-bond donors (Lipinski definition) is 0. The lowest BCUT2D eigenvalue weighted by Crippen LogP contribution is -2.03. The number of ether oxygens (including phenoxy) is 5. The van der Waals surface area contributed by atoms with Gasteiger partial charge in [-0.15, -0.1) is 0 Å². The van der Waals surface area contributed by atoms with Crippen LogP contribution in [0.1, 0.15) is 25.3 Å². The van der Waals surface area contributed by atoms with Crippen molar-refractivity contribution in [1.29, 1.82) is 0 Å². The van der Waals surface area contributed by atoms with Crippen molar-refractivity contribution >= 4 is 12.0 Å². The third-order valence-corrected chi connectivity index (χ3v) is 3.18. The maximum Gasteiger partial charge on any atom is 0.330 e. The zero-order chi connectivity index (χ0) is 17.2. The monoisotopic (exact) mass is 324 g/mol. The van der Waals surface area contributed by atoms with E-state index in [0.29, 0.717) is 35.2 Å². The summed E-state index contributed by atoms with van der Waals surface area (Å²) in [5, 5.41) is 0. The van der Waals surface area contributed by atoms with Crippen LogP contribution < -0.4 is 18.9 Å². The molecule has 0 fully saturated rings. The molecule has 0 spiro atoms. The van der Waals surface area contributed by atoms with Gasteiger partial charge in [-0.1, -0.05) is 13.3 Å². The molecule has 0 amide bonds. The van der Waals surface area contributed by atoms with E-state index >= 15 is 0 Å². The highest BCUT2D eigenvalue weighted by atomic mass is 16.5. The first kappa shape index (κ1) is 18.7. The molecule has 6 heteroatoms. The number of unbranched alkanes of at least 4 members (excludes halogenated alkanes) is 1. The van der Waals surface area contributed by atoms with Gasteiger partial charge in [0.2, 0.25) is 0 Å². The Morgan fingerprint density at radius 3 is 2.00 bits per heavy atom. The third-order valence-electron chi connectivity index (χ3n) is 3.18. The molecule has 6 nitrogen and oxygen atoms in total. The summed E-state index contributed by atoms with van der Waals surface area (Å²) >= 11 is 0. The lowest BCUT2D eigenvalue weighted by molar-refractivity contribution is -0.137. The van der Waals surface area contributed by atoms with Crippen molar-refractivity contribution in [2.24, 2.45) is 0 Å². The van der Waals surface area contributed by atoms with Crippen LogP contribution in [0.3, 0.4) is 0 Å². The first-order valence-electron chi connectivity index (χ1n) is 7.34. The molecule has 0 aliphatic carbocycles. The summed E-state index contributed by atoms with van der Waals surface area (Å²) in [6.45, 7) is 2.43. The van der Waals surface area contributed by atoms with Gasteiger partial charge < -0.3 is 23.7 Å². The van der Waals surface area contributed by atoms with Crippen LogP contribution >= 0.6 is 0 Å². The van der Waals surface area contributed by atoms with Gasteiger partial charge in [0.05, 0.1) is 40.6 Å². The molecular formula is C17H24O6. The van der Waals surface area contributed by atoms with Gasteiger partial charge in [0.15, 0.2) is 23.0 Å². The molecular weight excluding hydrogens is 300 g/mol. The molecule has 23 heavy (non-hydrogen) atoms. The number of benzene rings is 1. The van der Waals surface area contributed by atoms with Crippen molar-refractivity contribution in [3.63, 3.8) is 0 Å². The third kappa shape index (κ3) is 4.81. The van der Waals surface area contributed by atoms with E-state index in [9.17, 15) is 4.79 Å². The molecule has 0 heterocycles. The summed E-state index contributed by atoms with van der Waals surface area (Å²) in [4.78, 5) is 11.7. The van der Waals surface area contributed by atoms with Crippen molar-refractivity contribution in [2.45, 2.75) is 19.8 Å². The van der Waals surface area contributed by atoms with Gasteiger partial charge in [-0.2, -0.15) is 0 Å². The van der Waals surface area contributed by atoms with Gasteiger partial charge in [0.25, 0.3) is 0 Å². The summed E-state index contributed by atoms with van der Waals surface area (Å²) < 4.78 is 26.4. The van der Waals surface area contributed by atoms with Crippen LogP contribution in [0, 0.1) is 0 Å². The van der Waals surface area contributed by atoms with E-state index in [1.807, 2.05) is 6.92 Å². The molecule has 1 aromatic rings. The lowest BCUT2D eigenvalue weighted by atomic mass is 10.1. The van der Waals surface area contributed by atoms with E-state index in [1.54, 1.807) is 12.1 Å². The summed E-state index contributed by atoms with van der Waals surface area (Å²) in [5.74, 6) is 1.42. The zero-order valence-electron chi connectivity index (χ0n) is 14.3. The first-order chi connectivity index (χ1) is 11.1. The molecule has 0 atom stereocenters. The van der Waals surface area contributed by atoms with Crippen LogP contribution in [0.25, 0.3) is 6.08 Å². The number of carbonyl (C=O) groups is 1. The number of esters is 1. The number of hydrogen-bond acceptors (Lipinski definition) is 6. The molecule has 0 aliphatic rings. The van der Waals surface area contributed by atoms with Gasteiger partial charge in [0, 0.05) is 12.1 Å². The second-order valence-electron chi connectivity index (χ2n) is 4.62. The minimum absolute atomic E-state index is 0.398. The molecule has 1 aromatic carbocycles. The molecule has 0 bridgehead atoms. The van der Waals surface area contributed by atoms with Crippen LogP contribution in [-0.4, -0.2) is 41.0 Å². The van der Waals surface area contributed by atoms with Crippen LogP contribution in [0.4, 0.5) is 0 Å².